The van der Waals surface area contributed by atoms with Gasteiger partial charge in [0.05, 0.1) is 23.6 Å². The van der Waals surface area contributed by atoms with E-state index in [1.165, 1.54) is 25.4 Å². The van der Waals surface area contributed by atoms with Crippen LogP contribution in [0, 0.1) is 5.82 Å². The standard InChI is InChI=1S/C26H20FNO5/c1-31-19-7-5-17(6-8-19)25(29)21-15-28(14-16-3-2-4-18(27)11-16)22-13-24-23(32-9-10-33-24)12-20(22)26(21)30/h2-8,11-13,15H,9-10,14H2,1H3. The maximum Gasteiger partial charge on any atom is 0.200 e. The van der Waals surface area contributed by atoms with E-state index in [-0.39, 0.29) is 17.9 Å². The maximum absolute atomic E-state index is 13.8. The van der Waals surface area contributed by atoms with Gasteiger partial charge in [0.15, 0.2) is 17.3 Å². The third-order valence-corrected chi connectivity index (χ3v) is 5.58. The Labute approximate surface area is 188 Å². The van der Waals surface area contributed by atoms with Gasteiger partial charge < -0.3 is 18.8 Å². The third-order valence-electron chi connectivity index (χ3n) is 5.58. The van der Waals surface area contributed by atoms with E-state index in [0.29, 0.717) is 52.5 Å². The highest BCUT2D eigenvalue weighted by molar-refractivity contribution is 6.10. The van der Waals surface area contributed by atoms with Crippen molar-refractivity contribution in [1.82, 2.24) is 4.57 Å². The van der Waals surface area contributed by atoms with Gasteiger partial charge in [-0.1, -0.05) is 12.1 Å². The molecular formula is C26H20FNO5. The molecule has 1 aliphatic rings. The Bertz CT molecular complexity index is 1430. The summed E-state index contributed by atoms with van der Waals surface area (Å²) in [6, 6.07) is 16.1. The Hall–Kier alpha value is -4.13. The molecule has 0 N–H and O–H groups in total. The molecule has 0 unspecified atom stereocenters. The molecule has 1 aromatic heterocycles. The van der Waals surface area contributed by atoms with Crippen LogP contribution in [0.1, 0.15) is 21.5 Å². The van der Waals surface area contributed by atoms with E-state index >= 15 is 0 Å². The summed E-state index contributed by atoms with van der Waals surface area (Å²) in [5.74, 6) is 0.818. The zero-order chi connectivity index (χ0) is 22.9. The van der Waals surface area contributed by atoms with Crippen LogP contribution in [0.4, 0.5) is 4.39 Å². The fraction of sp³-hybridized carbons (Fsp3) is 0.154. The third kappa shape index (κ3) is 3.93. The minimum atomic E-state index is -0.410. The van der Waals surface area contributed by atoms with E-state index in [9.17, 15) is 14.0 Å². The Kier molecular flexibility index (Phi) is 5.30. The van der Waals surface area contributed by atoms with Crippen LogP contribution in [-0.2, 0) is 6.54 Å². The first kappa shape index (κ1) is 20.8. The van der Waals surface area contributed by atoms with Gasteiger partial charge in [0, 0.05) is 24.4 Å². The van der Waals surface area contributed by atoms with Crippen LogP contribution in [0.15, 0.2) is 71.7 Å². The molecule has 0 bridgehead atoms. The molecule has 0 aliphatic carbocycles. The monoisotopic (exact) mass is 445 g/mol. The summed E-state index contributed by atoms with van der Waals surface area (Å²) in [6.45, 7) is 1.04. The first-order valence-electron chi connectivity index (χ1n) is 10.4. The average Bonchev–Trinajstić information content (AvgIpc) is 2.84. The summed E-state index contributed by atoms with van der Waals surface area (Å²) in [5.41, 5.74) is 1.23. The lowest BCUT2D eigenvalue weighted by Gasteiger charge is -2.21. The van der Waals surface area contributed by atoms with E-state index in [2.05, 4.69) is 0 Å². The van der Waals surface area contributed by atoms with Gasteiger partial charge in [-0.05, 0) is 48.0 Å². The van der Waals surface area contributed by atoms with Crippen LogP contribution in [0.3, 0.4) is 0 Å². The van der Waals surface area contributed by atoms with Crippen molar-refractivity contribution in [3.63, 3.8) is 0 Å². The fourth-order valence-corrected chi connectivity index (χ4v) is 3.95. The molecular weight excluding hydrogens is 425 g/mol. The van der Waals surface area contributed by atoms with Gasteiger partial charge in [-0.25, -0.2) is 4.39 Å². The maximum atomic E-state index is 13.8. The van der Waals surface area contributed by atoms with Gasteiger partial charge in [-0.15, -0.1) is 0 Å². The summed E-state index contributed by atoms with van der Waals surface area (Å²) in [4.78, 5) is 26.7. The summed E-state index contributed by atoms with van der Waals surface area (Å²) in [6.07, 6.45) is 1.53. The minimum absolute atomic E-state index is 0.0146. The Morgan fingerprint density at radius 2 is 1.76 bits per heavy atom. The lowest BCUT2D eigenvalue weighted by atomic mass is 10.0. The van der Waals surface area contributed by atoms with Gasteiger partial charge in [0.25, 0.3) is 0 Å². The molecule has 0 spiro atoms. The minimum Gasteiger partial charge on any atom is -0.497 e. The highest BCUT2D eigenvalue weighted by atomic mass is 19.1. The van der Waals surface area contributed by atoms with E-state index in [1.54, 1.807) is 53.1 Å². The molecule has 0 saturated carbocycles. The zero-order valence-corrected chi connectivity index (χ0v) is 17.8. The van der Waals surface area contributed by atoms with E-state index in [1.807, 2.05) is 0 Å². The first-order valence-corrected chi connectivity index (χ1v) is 10.4. The summed E-state index contributed by atoms with van der Waals surface area (Å²) in [5, 5.41) is 0.329. The van der Waals surface area contributed by atoms with Gasteiger partial charge >= 0.3 is 0 Å². The first-order chi connectivity index (χ1) is 16.0. The van der Waals surface area contributed by atoms with Crippen LogP contribution < -0.4 is 19.6 Å². The van der Waals surface area contributed by atoms with Gasteiger partial charge in [-0.3, -0.25) is 9.59 Å². The second-order valence-corrected chi connectivity index (χ2v) is 7.70. The summed E-state index contributed by atoms with van der Waals surface area (Å²) >= 11 is 0. The molecule has 0 radical (unpaired) electrons. The number of hydrogen-bond acceptors (Lipinski definition) is 5. The number of ether oxygens (including phenoxy) is 3. The van der Waals surface area contributed by atoms with Crippen molar-refractivity contribution in [1.29, 1.82) is 0 Å². The van der Waals surface area contributed by atoms with Crippen molar-refractivity contribution in [2.75, 3.05) is 20.3 Å². The van der Waals surface area contributed by atoms with Gasteiger partial charge in [0.2, 0.25) is 5.43 Å². The van der Waals surface area contributed by atoms with Crippen LogP contribution >= 0.6 is 0 Å². The molecule has 5 rings (SSSR count). The lowest BCUT2D eigenvalue weighted by Crippen LogP contribution is -2.21. The summed E-state index contributed by atoms with van der Waals surface area (Å²) < 4.78 is 32.1. The Balaban J connectivity index is 1.69. The molecule has 2 heterocycles. The van der Waals surface area contributed by atoms with Gasteiger partial charge in [-0.2, -0.15) is 0 Å². The fourth-order valence-electron chi connectivity index (χ4n) is 3.95. The predicted molar refractivity (Wildman–Crippen MR) is 121 cm³/mol. The number of fused-ring (bicyclic) bond motifs is 2. The van der Waals surface area contributed by atoms with E-state index in [0.717, 1.165) is 0 Å². The SMILES string of the molecule is COc1ccc(C(=O)c2cn(Cc3cccc(F)c3)c3cc4c(cc3c2=O)OCCO4)cc1. The molecule has 7 heteroatoms. The number of halogens is 1. The number of methoxy groups -OCH3 is 1. The van der Waals surface area contributed by atoms with Crippen molar-refractivity contribution < 1.29 is 23.4 Å². The van der Waals surface area contributed by atoms with Gasteiger partial charge in [0.1, 0.15) is 24.8 Å². The highest BCUT2D eigenvalue weighted by Crippen LogP contribution is 2.34. The van der Waals surface area contributed by atoms with Crippen LogP contribution in [-0.4, -0.2) is 30.7 Å². The molecule has 4 aromatic rings. The normalized spacial score (nSPS) is 12.5. The molecule has 166 valence electrons. The van der Waals surface area contributed by atoms with Crippen LogP contribution in [0.2, 0.25) is 0 Å². The molecule has 0 atom stereocenters. The number of carbonyl (C=O) groups is 1. The molecule has 0 saturated heterocycles. The molecule has 3 aromatic carbocycles. The van der Waals surface area contributed by atoms with Crippen molar-refractivity contribution in [3.05, 3.63) is 99.6 Å². The number of nitrogens with zero attached hydrogens (tertiary/aromatic N) is 1. The van der Waals surface area contributed by atoms with Crippen molar-refractivity contribution in [2.45, 2.75) is 6.54 Å². The Morgan fingerprint density at radius 1 is 1.03 bits per heavy atom. The number of carbonyl (C=O) groups excluding carboxylic acids is 1. The number of hydrogen-bond donors (Lipinski definition) is 0. The second-order valence-electron chi connectivity index (χ2n) is 7.70. The van der Waals surface area contributed by atoms with E-state index < -0.39 is 11.2 Å². The largest absolute Gasteiger partial charge is 0.497 e. The molecule has 0 fully saturated rings. The van der Waals surface area contributed by atoms with Crippen molar-refractivity contribution in [2.24, 2.45) is 0 Å². The predicted octanol–water partition coefficient (Wildman–Crippen LogP) is 4.20. The smallest absolute Gasteiger partial charge is 0.200 e. The van der Waals surface area contributed by atoms with E-state index in [4.69, 9.17) is 14.2 Å². The number of rotatable bonds is 5. The molecule has 0 amide bonds. The molecule has 1 aliphatic heterocycles. The molecule has 6 nitrogen and oxygen atoms in total. The Morgan fingerprint density at radius 3 is 2.45 bits per heavy atom. The zero-order valence-electron chi connectivity index (χ0n) is 17.8. The number of ketones is 1. The number of benzene rings is 3. The average molecular weight is 445 g/mol. The van der Waals surface area contributed by atoms with Crippen LogP contribution in [0.25, 0.3) is 10.9 Å². The topological polar surface area (TPSA) is 66.8 Å². The number of pyridine rings is 1. The molecule has 33 heavy (non-hydrogen) atoms. The lowest BCUT2D eigenvalue weighted by molar-refractivity contribution is 0.103. The number of aromatic nitrogens is 1. The second kappa shape index (κ2) is 8.43. The van der Waals surface area contributed by atoms with Crippen LogP contribution in [0.5, 0.6) is 17.2 Å². The highest BCUT2D eigenvalue weighted by Gasteiger charge is 2.21. The summed E-state index contributed by atoms with van der Waals surface area (Å²) in [7, 11) is 1.54. The van der Waals surface area contributed by atoms with Crippen molar-refractivity contribution >= 4 is 16.7 Å². The van der Waals surface area contributed by atoms with Crippen molar-refractivity contribution in [3.8, 4) is 17.2 Å². The quantitative estimate of drug-likeness (QED) is 0.431.